The molecule has 0 aliphatic rings. The van der Waals surface area contributed by atoms with Gasteiger partial charge in [-0.1, -0.05) is 58.7 Å². The van der Waals surface area contributed by atoms with Crippen LogP contribution in [0, 0.1) is 6.92 Å². The molecule has 0 saturated heterocycles. The molecule has 2 aromatic heterocycles. The number of amides is 1. The Hall–Kier alpha value is -2.13. The zero-order valence-corrected chi connectivity index (χ0v) is 19.1. The minimum absolute atomic E-state index is 0.255. The van der Waals surface area contributed by atoms with Gasteiger partial charge in [-0.2, -0.15) is 0 Å². The van der Waals surface area contributed by atoms with Gasteiger partial charge in [0, 0.05) is 18.9 Å². The summed E-state index contributed by atoms with van der Waals surface area (Å²) >= 11 is 13.3. The number of halogens is 2. The van der Waals surface area contributed by atoms with E-state index < -0.39 is 5.25 Å². The summed E-state index contributed by atoms with van der Waals surface area (Å²) in [7, 11) is 1.64. The highest BCUT2D eigenvalue weighted by Gasteiger charge is 2.22. The predicted octanol–water partition coefficient (Wildman–Crippen LogP) is 4.72. The molecule has 1 aromatic carbocycles. The van der Waals surface area contributed by atoms with Crippen molar-refractivity contribution in [1.29, 1.82) is 0 Å². The molecule has 1 N–H and O–H groups in total. The van der Waals surface area contributed by atoms with Crippen LogP contribution in [-0.2, 0) is 16.1 Å². The molecule has 0 unspecified atom stereocenters. The number of anilines is 1. The average molecular weight is 466 g/mol. The summed E-state index contributed by atoms with van der Waals surface area (Å²) in [4.78, 5) is 16.7. The molecule has 1 atom stereocenters. The molecule has 0 saturated carbocycles. The summed E-state index contributed by atoms with van der Waals surface area (Å²) in [6, 6.07) is 9.56. The Labute approximate surface area is 189 Å². The molecule has 30 heavy (non-hydrogen) atoms. The second-order valence-corrected chi connectivity index (χ2v) is 8.70. The smallest absolute Gasteiger partial charge is 0.238 e. The highest BCUT2D eigenvalue weighted by Crippen LogP contribution is 2.29. The molecule has 0 fully saturated rings. The fourth-order valence-corrected chi connectivity index (χ4v) is 4.00. The average Bonchev–Trinajstić information content (AvgIpc) is 3.10. The maximum atomic E-state index is 12.7. The van der Waals surface area contributed by atoms with Gasteiger partial charge < -0.3 is 10.1 Å². The van der Waals surface area contributed by atoms with Gasteiger partial charge in [0.25, 0.3) is 0 Å². The number of aromatic nitrogens is 4. The number of ether oxygens (including phenoxy) is 1. The molecule has 2 heterocycles. The lowest BCUT2D eigenvalue weighted by molar-refractivity contribution is -0.115. The van der Waals surface area contributed by atoms with Crippen molar-refractivity contribution in [1.82, 2.24) is 19.7 Å². The van der Waals surface area contributed by atoms with Crippen molar-refractivity contribution in [3.05, 3.63) is 52.1 Å². The van der Waals surface area contributed by atoms with Gasteiger partial charge in [0.2, 0.25) is 5.91 Å². The molecule has 158 valence electrons. The van der Waals surface area contributed by atoms with Gasteiger partial charge in [-0.3, -0.25) is 9.36 Å². The molecule has 0 radical (unpaired) electrons. The summed E-state index contributed by atoms with van der Waals surface area (Å²) in [6.07, 6.45) is 1.43. The first-order chi connectivity index (χ1) is 14.4. The SMILES string of the molecule is COCCn1c(S[C@@H](C)C(=O)Nc2ncc(Cl)cc2Cl)nnc1-c1cccc(C)c1. The van der Waals surface area contributed by atoms with Crippen molar-refractivity contribution in [3.63, 3.8) is 0 Å². The molecule has 3 rings (SSSR count). The first-order valence-electron chi connectivity index (χ1n) is 9.16. The molecule has 0 spiro atoms. The number of carbonyl (C=O) groups excluding carboxylic acids is 1. The number of pyridine rings is 1. The van der Waals surface area contributed by atoms with Gasteiger partial charge in [-0.25, -0.2) is 4.98 Å². The molecule has 0 bridgehead atoms. The zero-order valence-electron chi connectivity index (χ0n) is 16.7. The van der Waals surface area contributed by atoms with E-state index in [1.165, 1.54) is 24.0 Å². The van der Waals surface area contributed by atoms with E-state index in [1.54, 1.807) is 14.0 Å². The van der Waals surface area contributed by atoms with Crippen LogP contribution < -0.4 is 5.32 Å². The molecule has 10 heteroatoms. The van der Waals surface area contributed by atoms with Crippen LogP contribution in [0.5, 0.6) is 0 Å². The quantitative estimate of drug-likeness (QED) is 0.484. The second kappa shape index (κ2) is 10.3. The minimum atomic E-state index is -0.464. The van der Waals surface area contributed by atoms with Crippen molar-refractivity contribution >= 4 is 46.7 Å². The predicted molar refractivity (Wildman–Crippen MR) is 120 cm³/mol. The number of thioether (sulfide) groups is 1. The summed E-state index contributed by atoms with van der Waals surface area (Å²) in [6.45, 7) is 4.87. The Morgan fingerprint density at radius 3 is 2.80 bits per heavy atom. The van der Waals surface area contributed by atoms with Gasteiger partial charge in [0.1, 0.15) is 0 Å². The Balaban J connectivity index is 1.80. The van der Waals surface area contributed by atoms with E-state index in [4.69, 9.17) is 27.9 Å². The van der Waals surface area contributed by atoms with Crippen molar-refractivity contribution in [2.45, 2.75) is 30.8 Å². The van der Waals surface area contributed by atoms with Crippen molar-refractivity contribution in [2.24, 2.45) is 0 Å². The summed E-state index contributed by atoms with van der Waals surface area (Å²) in [5.41, 5.74) is 2.09. The van der Waals surface area contributed by atoms with Crippen molar-refractivity contribution in [2.75, 3.05) is 19.0 Å². The fourth-order valence-electron chi connectivity index (χ4n) is 2.69. The van der Waals surface area contributed by atoms with Crippen LogP contribution >= 0.6 is 35.0 Å². The normalized spacial score (nSPS) is 12.0. The third-order valence-corrected chi connectivity index (χ3v) is 5.79. The molecule has 1 amide bonds. The lowest BCUT2D eigenvalue weighted by Gasteiger charge is -2.14. The number of carbonyl (C=O) groups is 1. The van der Waals surface area contributed by atoms with E-state index in [0.717, 1.165) is 17.0 Å². The minimum Gasteiger partial charge on any atom is -0.383 e. The van der Waals surface area contributed by atoms with Crippen LogP contribution in [0.4, 0.5) is 5.82 Å². The fraction of sp³-hybridized carbons (Fsp3) is 0.300. The highest BCUT2D eigenvalue weighted by atomic mass is 35.5. The third kappa shape index (κ3) is 5.51. The van der Waals surface area contributed by atoms with E-state index >= 15 is 0 Å². The Morgan fingerprint density at radius 2 is 2.10 bits per heavy atom. The maximum absolute atomic E-state index is 12.7. The second-order valence-electron chi connectivity index (χ2n) is 6.55. The van der Waals surface area contributed by atoms with Crippen molar-refractivity contribution in [3.8, 4) is 11.4 Å². The number of benzene rings is 1. The molecule has 3 aromatic rings. The van der Waals surface area contributed by atoms with Crippen LogP contribution in [0.25, 0.3) is 11.4 Å². The number of nitrogens with one attached hydrogen (secondary N) is 1. The summed E-state index contributed by atoms with van der Waals surface area (Å²) in [5, 5.41) is 12.2. The molecule has 0 aliphatic carbocycles. The molecule has 7 nitrogen and oxygen atoms in total. The van der Waals surface area contributed by atoms with Gasteiger partial charge in [-0.05, 0) is 26.0 Å². The maximum Gasteiger partial charge on any atom is 0.238 e. The largest absolute Gasteiger partial charge is 0.383 e. The van der Waals surface area contributed by atoms with E-state index in [2.05, 4.69) is 20.5 Å². The van der Waals surface area contributed by atoms with E-state index in [1.807, 2.05) is 35.8 Å². The Bertz CT molecular complexity index is 1040. The summed E-state index contributed by atoms with van der Waals surface area (Å²) in [5.74, 6) is 0.739. The zero-order chi connectivity index (χ0) is 21.7. The Kier molecular flexibility index (Phi) is 7.71. The molecular weight excluding hydrogens is 445 g/mol. The lowest BCUT2D eigenvalue weighted by Crippen LogP contribution is -2.23. The topological polar surface area (TPSA) is 81.9 Å². The number of hydrogen-bond donors (Lipinski definition) is 1. The van der Waals surface area contributed by atoms with E-state index in [-0.39, 0.29) is 16.7 Å². The lowest BCUT2D eigenvalue weighted by atomic mass is 10.1. The summed E-state index contributed by atoms with van der Waals surface area (Å²) < 4.78 is 7.20. The number of nitrogens with zero attached hydrogens (tertiary/aromatic N) is 4. The van der Waals surface area contributed by atoms with Crippen LogP contribution in [0.1, 0.15) is 12.5 Å². The van der Waals surface area contributed by atoms with Crippen LogP contribution in [-0.4, -0.2) is 44.6 Å². The van der Waals surface area contributed by atoms with E-state index in [0.29, 0.717) is 23.3 Å². The number of methoxy groups -OCH3 is 1. The van der Waals surface area contributed by atoms with E-state index in [9.17, 15) is 4.79 Å². The van der Waals surface area contributed by atoms with Gasteiger partial charge in [-0.15, -0.1) is 10.2 Å². The van der Waals surface area contributed by atoms with Crippen LogP contribution in [0.15, 0.2) is 41.7 Å². The van der Waals surface area contributed by atoms with Gasteiger partial charge in [0.05, 0.1) is 28.4 Å². The Morgan fingerprint density at radius 1 is 1.30 bits per heavy atom. The number of aryl methyl sites for hydroxylation is 1. The van der Waals surface area contributed by atoms with Crippen molar-refractivity contribution < 1.29 is 9.53 Å². The van der Waals surface area contributed by atoms with Crippen LogP contribution in [0.3, 0.4) is 0 Å². The van der Waals surface area contributed by atoms with Gasteiger partial charge in [0.15, 0.2) is 16.8 Å². The first kappa shape index (κ1) is 22.6. The number of rotatable bonds is 8. The number of hydrogen-bond acceptors (Lipinski definition) is 6. The monoisotopic (exact) mass is 465 g/mol. The molecule has 0 aliphatic heterocycles. The first-order valence-corrected chi connectivity index (χ1v) is 10.8. The standard InChI is InChI=1S/C20H21Cl2N5O2S/c1-12-5-4-6-14(9-12)18-25-26-20(27(18)7-8-29-3)30-13(2)19(28)24-17-16(22)10-15(21)11-23-17/h4-6,9-11,13H,7-8H2,1-3H3,(H,23,24,28)/t13-/m0/s1. The third-order valence-electron chi connectivity index (χ3n) is 4.21. The van der Waals surface area contributed by atoms with Gasteiger partial charge >= 0.3 is 0 Å². The molecular formula is C20H21Cl2N5O2S. The highest BCUT2D eigenvalue weighted by molar-refractivity contribution is 8.00. The van der Waals surface area contributed by atoms with Crippen LogP contribution in [0.2, 0.25) is 10.0 Å².